The van der Waals surface area contributed by atoms with Crippen LogP contribution in [0.1, 0.15) is 23.4 Å². The third kappa shape index (κ3) is 3.11. The van der Waals surface area contributed by atoms with Crippen molar-refractivity contribution < 1.29 is 0 Å². The first kappa shape index (κ1) is 12.2. The van der Waals surface area contributed by atoms with E-state index in [1.165, 1.54) is 0 Å². The summed E-state index contributed by atoms with van der Waals surface area (Å²) < 4.78 is 0. The summed E-state index contributed by atoms with van der Waals surface area (Å²) in [4.78, 5) is 7.26. The molecule has 1 heterocycles. The predicted molar refractivity (Wildman–Crippen MR) is 71.3 cm³/mol. The number of hydrogen-bond acceptors (Lipinski definition) is 3. The highest BCUT2D eigenvalue weighted by molar-refractivity contribution is 5.51. The second-order valence-electron chi connectivity index (χ2n) is 4.21. The summed E-state index contributed by atoms with van der Waals surface area (Å²) in [5, 5.41) is 12.2. The van der Waals surface area contributed by atoms with Gasteiger partial charge >= 0.3 is 0 Å². The van der Waals surface area contributed by atoms with Crippen LogP contribution < -0.4 is 5.32 Å². The molecule has 0 saturated carbocycles. The van der Waals surface area contributed by atoms with Gasteiger partial charge in [0.1, 0.15) is 5.82 Å². The van der Waals surface area contributed by atoms with E-state index in [1.54, 1.807) is 6.20 Å². The molecule has 0 spiro atoms. The quantitative estimate of drug-likeness (QED) is 0.790. The molecule has 18 heavy (non-hydrogen) atoms. The van der Waals surface area contributed by atoms with Crippen molar-refractivity contribution in [3.05, 3.63) is 47.5 Å². The molecule has 4 nitrogen and oxygen atoms in total. The highest BCUT2D eigenvalue weighted by Crippen LogP contribution is 2.14. The number of nitrogens with zero attached hydrogens (tertiary/aromatic N) is 2. The van der Waals surface area contributed by atoms with Gasteiger partial charge in [0.15, 0.2) is 0 Å². The number of hydrogen-bond donors (Lipinski definition) is 2. The Kier molecular flexibility index (Phi) is 3.98. The Morgan fingerprint density at radius 2 is 2.33 bits per heavy atom. The van der Waals surface area contributed by atoms with Crippen molar-refractivity contribution >= 4 is 5.69 Å². The summed E-state index contributed by atoms with van der Waals surface area (Å²) in [6.45, 7) is 2.85. The van der Waals surface area contributed by atoms with Crippen molar-refractivity contribution in [2.75, 3.05) is 11.9 Å². The molecule has 0 aliphatic heterocycles. The Hall–Kier alpha value is -2.28. The maximum Gasteiger partial charge on any atom is 0.106 e. The van der Waals surface area contributed by atoms with Crippen molar-refractivity contribution in [1.29, 1.82) is 5.26 Å². The molecule has 92 valence electrons. The molecular weight excluding hydrogens is 224 g/mol. The fourth-order valence-corrected chi connectivity index (χ4v) is 1.82. The zero-order valence-electron chi connectivity index (χ0n) is 10.4. The molecule has 2 aromatic rings. The van der Waals surface area contributed by atoms with Crippen molar-refractivity contribution in [3.8, 4) is 6.07 Å². The molecule has 2 N–H and O–H groups in total. The molecule has 0 saturated heterocycles. The van der Waals surface area contributed by atoms with Crippen LogP contribution in [0.15, 0.2) is 30.6 Å². The lowest BCUT2D eigenvalue weighted by molar-refractivity contribution is 0.816. The molecule has 0 aliphatic carbocycles. The Bertz CT molecular complexity index is 537. The summed E-state index contributed by atoms with van der Waals surface area (Å²) in [7, 11) is 0. The van der Waals surface area contributed by atoms with Gasteiger partial charge < -0.3 is 10.3 Å². The Labute approximate surface area is 107 Å². The highest BCUT2D eigenvalue weighted by Gasteiger charge is 1.99. The van der Waals surface area contributed by atoms with Gasteiger partial charge in [-0.3, -0.25) is 0 Å². The summed E-state index contributed by atoms with van der Waals surface area (Å²) in [5.41, 5.74) is 2.80. The average molecular weight is 240 g/mol. The van der Waals surface area contributed by atoms with E-state index < -0.39 is 0 Å². The number of imidazole rings is 1. The molecule has 0 atom stereocenters. The molecular formula is C14H16N4. The lowest BCUT2D eigenvalue weighted by Gasteiger charge is -2.07. The summed E-state index contributed by atoms with van der Waals surface area (Å²) in [6.07, 6.45) is 5.57. The van der Waals surface area contributed by atoms with Gasteiger partial charge in [-0.1, -0.05) is 0 Å². The van der Waals surface area contributed by atoms with Crippen molar-refractivity contribution in [3.63, 3.8) is 0 Å². The number of anilines is 1. The number of aromatic amines is 1. The Morgan fingerprint density at radius 1 is 1.44 bits per heavy atom. The van der Waals surface area contributed by atoms with E-state index in [9.17, 15) is 0 Å². The lowest BCUT2D eigenvalue weighted by atomic mass is 10.1. The van der Waals surface area contributed by atoms with E-state index in [4.69, 9.17) is 5.26 Å². The molecule has 0 radical (unpaired) electrons. The van der Waals surface area contributed by atoms with Crippen LogP contribution in [-0.4, -0.2) is 16.5 Å². The fraction of sp³-hybridized carbons (Fsp3) is 0.286. The molecule has 1 aromatic carbocycles. The van der Waals surface area contributed by atoms with Crippen LogP contribution in [0.5, 0.6) is 0 Å². The normalized spacial score (nSPS) is 10.0. The number of aromatic nitrogens is 2. The van der Waals surface area contributed by atoms with E-state index in [-0.39, 0.29) is 0 Å². The molecule has 1 aromatic heterocycles. The number of nitrogens with one attached hydrogen (secondary N) is 2. The van der Waals surface area contributed by atoms with Crippen LogP contribution in [0.3, 0.4) is 0 Å². The molecule has 0 fully saturated rings. The zero-order chi connectivity index (χ0) is 12.8. The standard InChI is InChI=1S/C14H16N4/c1-11-9-13(5-4-12(11)10-15)16-6-2-3-14-17-7-8-18-14/h4-5,7-9,16H,2-3,6H2,1H3,(H,17,18). The number of nitriles is 1. The highest BCUT2D eigenvalue weighted by atomic mass is 14.9. The van der Waals surface area contributed by atoms with Gasteiger partial charge in [0.05, 0.1) is 11.6 Å². The van der Waals surface area contributed by atoms with E-state index in [2.05, 4.69) is 21.4 Å². The Morgan fingerprint density at radius 3 is 3.00 bits per heavy atom. The van der Waals surface area contributed by atoms with Crippen molar-refractivity contribution in [2.24, 2.45) is 0 Å². The van der Waals surface area contributed by atoms with Gasteiger partial charge in [-0.25, -0.2) is 4.98 Å². The van der Waals surface area contributed by atoms with Crippen LogP contribution in [0.25, 0.3) is 0 Å². The molecule has 4 heteroatoms. The molecule has 0 amide bonds. The minimum absolute atomic E-state index is 0.733. The minimum atomic E-state index is 0.733. The second-order valence-corrected chi connectivity index (χ2v) is 4.21. The number of rotatable bonds is 5. The molecule has 0 bridgehead atoms. The van der Waals surface area contributed by atoms with Gasteiger partial charge in [-0.2, -0.15) is 5.26 Å². The van der Waals surface area contributed by atoms with Gasteiger partial charge in [0.25, 0.3) is 0 Å². The van der Waals surface area contributed by atoms with Crippen molar-refractivity contribution in [2.45, 2.75) is 19.8 Å². The smallest absolute Gasteiger partial charge is 0.106 e. The first-order valence-corrected chi connectivity index (χ1v) is 6.02. The lowest BCUT2D eigenvalue weighted by Crippen LogP contribution is -2.04. The van der Waals surface area contributed by atoms with E-state index in [0.717, 1.165) is 42.0 Å². The Balaban J connectivity index is 1.80. The van der Waals surface area contributed by atoms with E-state index >= 15 is 0 Å². The number of benzene rings is 1. The maximum absolute atomic E-state index is 8.85. The van der Waals surface area contributed by atoms with Crippen LogP contribution in [0, 0.1) is 18.3 Å². The summed E-state index contributed by atoms with van der Waals surface area (Å²) in [6, 6.07) is 7.97. The van der Waals surface area contributed by atoms with Gasteiger partial charge in [-0.05, 0) is 37.1 Å². The van der Waals surface area contributed by atoms with Crippen molar-refractivity contribution in [1.82, 2.24) is 9.97 Å². The minimum Gasteiger partial charge on any atom is -0.385 e. The molecule has 0 unspecified atom stereocenters. The van der Waals surface area contributed by atoms with Gasteiger partial charge in [-0.15, -0.1) is 0 Å². The first-order valence-electron chi connectivity index (χ1n) is 6.02. The van der Waals surface area contributed by atoms with Crippen LogP contribution in [0.4, 0.5) is 5.69 Å². The SMILES string of the molecule is Cc1cc(NCCCc2ncc[nH]2)ccc1C#N. The van der Waals surface area contributed by atoms with E-state index in [1.807, 2.05) is 31.3 Å². The predicted octanol–water partition coefficient (Wildman–Crippen LogP) is 2.63. The first-order chi connectivity index (χ1) is 8.79. The van der Waals surface area contributed by atoms with Gasteiger partial charge in [0, 0.05) is 31.0 Å². The third-order valence-corrected chi connectivity index (χ3v) is 2.82. The molecule has 2 rings (SSSR count). The van der Waals surface area contributed by atoms with Crippen LogP contribution in [0.2, 0.25) is 0 Å². The maximum atomic E-state index is 8.85. The summed E-state index contributed by atoms with van der Waals surface area (Å²) >= 11 is 0. The zero-order valence-corrected chi connectivity index (χ0v) is 10.4. The monoisotopic (exact) mass is 240 g/mol. The summed E-state index contributed by atoms with van der Waals surface area (Å²) in [5.74, 6) is 1.02. The number of aryl methyl sites for hydroxylation is 2. The molecule has 0 aliphatic rings. The fourth-order valence-electron chi connectivity index (χ4n) is 1.82. The van der Waals surface area contributed by atoms with Gasteiger partial charge in [0.2, 0.25) is 0 Å². The van der Waals surface area contributed by atoms with Crippen LogP contribution >= 0.6 is 0 Å². The average Bonchev–Trinajstić information content (AvgIpc) is 2.88. The van der Waals surface area contributed by atoms with E-state index in [0.29, 0.717) is 0 Å². The second kappa shape index (κ2) is 5.87. The largest absolute Gasteiger partial charge is 0.385 e. The number of H-pyrrole nitrogens is 1. The topological polar surface area (TPSA) is 64.5 Å². The third-order valence-electron chi connectivity index (χ3n) is 2.82. The van der Waals surface area contributed by atoms with Crippen LogP contribution in [-0.2, 0) is 6.42 Å².